The van der Waals surface area contributed by atoms with Crippen LogP contribution in [0, 0.1) is 27.7 Å². The highest BCUT2D eigenvalue weighted by atomic mass is 32.2. The average molecular weight is 360 g/mol. The van der Waals surface area contributed by atoms with Crippen molar-refractivity contribution in [3.05, 3.63) is 52.6 Å². The Bertz CT molecular complexity index is 1000. The van der Waals surface area contributed by atoms with Crippen molar-refractivity contribution in [3.63, 3.8) is 0 Å². The van der Waals surface area contributed by atoms with E-state index in [-0.39, 0.29) is 17.3 Å². The van der Waals surface area contributed by atoms with Crippen molar-refractivity contribution in [2.45, 2.75) is 39.1 Å². The van der Waals surface area contributed by atoms with Crippen LogP contribution >= 0.6 is 0 Å². The number of sulfonamides is 1. The molecule has 3 aromatic rings. The molecule has 0 aliphatic rings. The zero-order valence-electron chi connectivity index (χ0n) is 14.5. The van der Waals surface area contributed by atoms with Gasteiger partial charge in [0, 0.05) is 17.9 Å². The Kier molecular flexibility index (Phi) is 4.49. The van der Waals surface area contributed by atoms with Crippen LogP contribution in [-0.2, 0) is 16.6 Å². The number of rotatable bonds is 5. The van der Waals surface area contributed by atoms with Crippen LogP contribution in [0.4, 0.5) is 0 Å². The predicted octanol–water partition coefficient (Wildman–Crippen LogP) is 2.78. The molecule has 0 aliphatic carbocycles. The molecule has 0 aliphatic heterocycles. The van der Waals surface area contributed by atoms with E-state index >= 15 is 0 Å². The van der Waals surface area contributed by atoms with E-state index in [2.05, 4.69) is 19.8 Å². The average Bonchev–Trinajstić information content (AvgIpc) is 3.09. The number of nitrogens with zero attached hydrogens (tertiary/aromatic N) is 2. The summed E-state index contributed by atoms with van der Waals surface area (Å²) in [5, 5.41) is 3.75. The van der Waals surface area contributed by atoms with Gasteiger partial charge < -0.3 is 9.51 Å². The normalized spacial score (nSPS) is 11.8. The molecule has 0 amide bonds. The Balaban J connectivity index is 1.95. The molecule has 132 valence electrons. The zero-order valence-corrected chi connectivity index (χ0v) is 15.4. The summed E-state index contributed by atoms with van der Waals surface area (Å²) < 4.78 is 33.6. The van der Waals surface area contributed by atoms with Gasteiger partial charge in [0.15, 0.2) is 5.82 Å². The van der Waals surface area contributed by atoms with Crippen molar-refractivity contribution in [3.8, 4) is 11.5 Å². The molecule has 3 rings (SSSR count). The van der Waals surface area contributed by atoms with Crippen LogP contribution in [0.25, 0.3) is 11.5 Å². The van der Waals surface area contributed by atoms with E-state index in [9.17, 15) is 8.42 Å². The fourth-order valence-corrected chi connectivity index (χ4v) is 4.17. The minimum Gasteiger partial charge on any atom is -0.361 e. The van der Waals surface area contributed by atoms with Gasteiger partial charge in [0.25, 0.3) is 5.89 Å². The molecule has 0 atom stereocenters. The van der Waals surface area contributed by atoms with Crippen molar-refractivity contribution in [1.29, 1.82) is 0 Å². The van der Waals surface area contributed by atoms with Crippen molar-refractivity contribution < 1.29 is 12.9 Å². The summed E-state index contributed by atoms with van der Waals surface area (Å²) in [7, 11) is -3.76. The first kappa shape index (κ1) is 17.4. The highest BCUT2D eigenvalue weighted by molar-refractivity contribution is 7.89. The number of hydrogen-bond acceptors (Lipinski definition) is 5. The summed E-state index contributed by atoms with van der Waals surface area (Å²) in [5.74, 6) is 0.638. The maximum atomic E-state index is 12.9. The van der Waals surface area contributed by atoms with Gasteiger partial charge in [-0.1, -0.05) is 35.0 Å². The summed E-state index contributed by atoms with van der Waals surface area (Å²) in [6, 6.07) is 7.69. The van der Waals surface area contributed by atoms with Gasteiger partial charge in [0.2, 0.25) is 10.0 Å². The maximum Gasteiger partial charge on any atom is 0.261 e. The smallest absolute Gasteiger partial charge is 0.261 e. The standard InChI is InChI=1S/C17H20N4O3S/c1-10-5-7-14(8-6-10)9-18-25(22,23)16-12(3)19-11(2)15(16)17-20-13(4)21-24-17/h5-8,18-19H,9H2,1-4H3. The van der Waals surface area contributed by atoms with Gasteiger partial charge >= 0.3 is 0 Å². The number of nitrogens with one attached hydrogen (secondary N) is 2. The molecule has 0 radical (unpaired) electrons. The van der Waals surface area contributed by atoms with Crippen LogP contribution in [0.3, 0.4) is 0 Å². The molecule has 0 fully saturated rings. The first-order chi connectivity index (χ1) is 11.8. The van der Waals surface area contributed by atoms with Crippen LogP contribution < -0.4 is 4.72 Å². The van der Waals surface area contributed by atoms with E-state index in [1.165, 1.54) is 0 Å². The van der Waals surface area contributed by atoms with Crippen molar-refractivity contribution in [2.24, 2.45) is 0 Å². The monoisotopic (exact) mass is 360 g/mol. The first-order valence-corrected chi connectivity index (χ1v) is 9.31. The molecule has 1 aromatic carbocycles. The van der Waals surface area contributed by atoms with Gasteiger partial charge in [-0.25, -0.2) is 13.1 Å². The number of hydrogen-bond donors (Lipinski definition) is 2. The molecule has 0 saturated carbocycles. The van der Waals surface area contributed by atoms with Crippen LogP contribution in [0.15, 0.2) is 33.7 Å². The third kappa shape index (κ3) is 3.49. The molecule has 0 spiro atoms. The largest absolute Gasteiger partial charge is 0.361 e. The maximum absolute atomic E-state index is 12.9. The lowest BCUT2D eigenvalue weighted by Gasteiger charge is -2.08. The Morgan fingerprint density at radius 3 is 2.36 bits per heavy atom. The quantitative estimate of drug-likeness (QED) is 0.728. The van der Waals surface area contributed by atoms with Crippen LogP contribution in [-0.4, -0.2) is 23.5 Å². The molecule has 0 unspecified atom stereocenters. The number of H-pyrrole nitrogens is 1. The van der Waals surface area contributed by atoms with Crippen LogP contribution in [0.1, 0.15) is 28.3 Å². The van der Waals surface area contributed by atoms with E-state index in [4.69, 9.17) is 4.52 Å². The molecular weight excluding hydrogens is 340 g/mol. The lowest BCUT2D eigenvalue weighted by atomic mass is 10.2. The number of benzene rings is 1. The minimum absolute atomic E-state index is 0.140. The second-order valence-corrected chi connectivity index (χ2v) is 7.74. The summed E-state index contributed by atoms with van der Waals surface area (Å²) in [6.45, 7) is 7.36. The van der Waals surface area contributed by atoms with Gasteiger partial charge in [-0.05, 0) is 33.3 Å². The Labute approximate surface area is 146 Å². The SMILES string of the molecule is Cc1ccc(CNS(=O)(=O)c2c(C)[nH]c(C)c2-c2nc(C)no2)cc1. The van der Waals surface area contributed by atoms with E-state index in [0.717, 1.165) is 11.1 Å². The molecule has 0 saturated heterocycles. The summed E-state index contributed by atoms with van der Waals surface area (Å²) in [5.41, 5.74) is 3.61. The van der Waals surface area contributed by atoms with Crippen molar-refractivity contribution >= 4 is 10.0 Å². The predicted molar refractivity (Wildman–Crippen MR) is 93.5 cm³/mol. The zero-order chi connectivity index (χ0) is 18.2. The van der Waals surface area contributed by atoms with E-state index in [1.54, 1.807) is 20.8 Å². The molecule has 2 heterocycles. The lowest BCUT2D eigenvalue weighted by Crippen LogP contribution is -2.24. The second kappa shape index (κ2) is 6.45. The van der Waals surface area contributed by atoms with Crippen LogP contribution in [0.5, 0.6) is 0 Å². The van der Waals surface area contributed by atoms with Gasteiger partial charge in [-0.3, -0.25) is 0 Å². The number of aromatic amines is 1. The number of aromatic nitrogens is 3. The molecule has 2 aromatic heterocycles. The topological polar surface area (TPSA) is 101 Å². The van der Waals surface area contributed by atoms with Gasteiger partial charge in [-0.15, -0.1) is 0 Å². The summed E-state index contributed by atoms with van der Waals surface area (Å²) >= 11 is 0. The molecule has 0 bridgehead atoms. The summed E-state index contributed by atoms with van der Waals surface area (Å²) in [6.07, 6.45) is 0. The third-order valence-electron chi connectivity index (χ3n) is 3.91. The highest BCUT2D eigenvalue weighted by Crippen LogP contribution is 2.32. The molecule has 25 heavy (non-hydrogen) atoms. The summed E-state index contributed by atoms with van der Waals surface area (Å²) in [4.78, 5) is 7.36. The second-order valence-electron chi connectivity index (χ2n) is 6.04. The number of aryl methyl sites for hydroxylation is 4. The van der Waals surface area contributed by atoms with Gasteiger partial charge in [-0.2, -0.15) is 4.98 Å². The molecular formula is C17H20N4O3S. The highest BCUT2D eigenvalue weighted by Gasteiger charge is 2.28. The Morgan fingerprint density at radius 2 is 1.76 bits per heavy atom. The van der Waals surface area contributed by atoms with Crippen LogP contribution in [0.2, 0.25) is 0 Å². The Morgan fingerprint density at radius 1 is 1.08 bits per heavy atom. The molecule has 2 N–H and O–H groups in total. The van der Waals surface area contributed by atoms with E-state index in [0.29, 0.717) is 22.8 Å². The van der Waals surface area contributed by atoms with Crippen molar-refractivity contribution in [2.75, 3.05) is 0 Å². The third-order valence-corrected chi connectivity index (χ3v) is 5.49. The molecule has 7 nitrogen and oxygen atoms in total. The Hall–Kier alpha value is -2.45. The van der Waals surface area contributed by atoms with E-state index < -0.39 is 10.0 Å². The fraction of sp³-hybridized carbons (Fsp3) is 0.294. The fourth-order valence-electron chi connectivity index (χ4n) is 2.71. The van der Waals surface area contributed by atoms with Crippen molar-refractivity contribution in [1.82, 2.24) is 19.8 Å². The lowest BCUT2D eigenvalue weighted by molar-refractivity contribution is 0.424. The van der Waals surface area contributed by atoms with Gasteiger partial charge in [0.05, 0.1) is 5.56 Å². The van der Waals surface area contributed by atoms with Gasteiger partial charge in [0.1, 0.15) is 4.90 Å². The van der Waals surface area contributed by atoms with E-state index in [1.807, 2.05) is 31.2 Å². The molecule has 8 heteroatoms. The first-order valence-electron chi connectivity index (χ1n) is 7.83. The minimum atomic E-state index is -3.76.